The van der Waals surface area contributed by atoms with Gasteiger partial charge in [0.15, 0.2) is 0 Å². The highest BCUT2D eigenvalue weighted by molar-refractivity contribution is 5.70. The number of hydrogen-bond acceptors (Lipinski definition) is 2. The summed E-state index contributed by atoms with van der Waals surface area (Å²) in [5.74, 6) is -0.382. The molecule has 3 nitrogen and oxygen atoms in total. The Hall–Kier alpha value is -2.62. The Morgan fingerprint density at radius 1 is 1.19 bits per heavy atom. The molecule has 21 heavy (non-hydrogen) atoms. The van der Waals surface area contributed by atoms with Gasteiger partial charge in [0.05, 0.1) is 18.4 Å². The van der Waals surface area contributed by atoms with Gasteiger partial charge in [-0.2, -0.15) is 5.10 Å². The minimum absolute atomic E-state index is 0.159. The fraction of sp³-hybridized carbons (Fsp3) is 0.118. The molecule has 4 heteroatoms. The third-order valence-corrected chi connectivity index (χ3v) is 3.48. The number of aromatic nitrogens is 2. The molecule has 0 bridgehead atoms. The molecule has 0 aliphatic rings. The number of nitrogen functional groups attached to an aromatic ring is 1. The molecule has 0 spiro atoms. The Morgan fingerprint density at radius 2 is 1.95 bits per heavy atom. The average molecular weight is 281 g/mol. The lowest BCUT2D eigenvalue weighted by atomic mass is 10.0. The zero-order chi connectivity index (χ0) is 14.8. The maximum atomic E-state index is 13.4. The van der Waals surface area contributed by atoms with E-state index in [0.717, 1.165) is 16.7 Å². The topological polar surface area (TPSA) is 43.8 Å². The van der Waals surface area contributed by atoms with Gasteiger partial charge in [-0.25, -0.2) is 4.39 Å². The van der Waals surface area contributed by atoms with E-state index in [0.29, 0.717) is 6.54 Å². The minimum Gasteiger partial charge on any atom is -0.396 e. The number of anilines is 1. The quantitative estimate of drug-likeness (QED) is 0.745. The first-order valence-electron chi connectivity index (χ1n) is 6.76. The van der Waals surface area contributed by atoms with Crippen LogP contribution in [0.2, 0.25) is 0 Å². The highest BCUT2D eigenvalue weighted by Gasteiger charge is 2.09. The van der Waals surface area contributed by atoms with Crippen LogP contribution >= 0.6 is 0 Å². The number of aryl methyl sites for hydroxylation is 1. The lowest BCUT2D eigenvalue weighted by Crippen LogP contribution is -1.99. The zero-order valence-electron chi connectivity index (χ0n) is 11.8. The lowest BCUT2D eigenvalue weighted by molar-refractivity contribution is 0.631. The molecule has 3 rings (SSSR count). The van der Waals surface area contributed by atoms with Crippen LogP contribution in [0.1, 0.15) is 11.1 Å². The Labute approximate surface area is 122 Å². The molecule has 0 atom stereocenters. The second-order valence-corrected chi connectivity index (χ2v) is 5.10. The van der Waals surface area contributed by atoms with E-state index in [4.69, 9.17) is 5.73 Å². The summed E-state index contributed by atoms with van der Waals surface area (Å²) in [6, 6.07) is 13.2. The van der Waals surface area contributed by atoms with Crippen LogP contribution in [0.3, 0.4) is 0 Å². The van der Waals surface area contributed by atoms with E-state index < -0.39 is 0 Å². The number of nitrogens with zero attached hydrogens (tertiary/aromatic N) is 2. The van der Waals surface area contributed by atoms with Crippen molar-refractivity contribution in [2.45, 2.75) is 13.5 Å². The zero-order valence-corrected chi connectivity index (χ0v) is 11.8. The van der Waals surface area contributed by atoms with Crippen molar-refractivity contribution in [2.75, 3.05) is 5.73 Å². The summed E-state index contributed by atoms with van der Waals surface area (Å²) < 4.78 is 15.3. The van der Waals surface area contributed by atoms with Crippen molar-refractivity contribution in [2.24, 2.45) is 0 Å². The fourth-order valence-electron chi connectivity index (χ4n) is 2.36. The van der Waals surface area contributed by atoms with Crippen LogP contribution in [0.15, 0.2) is 54.9 Å². The van der Waals surface area contributed by atoms with E-state index in [2.05, 4.69) is 17.2 Å². The first-order chi connectivity index (χ1) is 10.1. The number of benzene rings is 2. The monoisotopic (exact) mass is 281 g/mol. The highest BCUT2D eigenvalue weighted by Crippen LogP contribution is 2.27. The van der Waals surface area contributed by atoms with Crippen LogP contribution in [0, 0.1) is 12.7 Å². The predicted molar refractivity (Wildman–Crippen MR) is 82.3 cm³/mol. The lowest BCUT2D eigenvalue weighted by Gasteiger charge is -2.06. The number of halogens is 1. The molecular weight excluding hydrogens is 265 g/mol. The van der Waals surface area contributed by atoms with Gasteiger partial charge in [0.2, 0.25) is 0 Å². The molecule has 106 valence electrons. The van der Waals surface area contributed by atoms with Gasteiger partial charge < -0.3 is 5.73 Å². The minimum atomic E-state index is -0.382. The first kappa shape index (κ1) is 13.4. The summed E-state index contributed by atoms with van der Waals surface area (Å²) in [7, 11) is 0. The maximum absolute atomic E-state index is 13.4. The smallest absolute Gasteiger partial charge is 0.146 e. The second-order valence-electron chi connectivity index (χ2n) is 5.10. The van der Waals surface area contributed by atoms with Crippen LogP contribution in [0.25, 0.3) is 11.1 Å². The maximum Gasteiger partial charge on any atom is 0.146 e. The molecule has 1 heterocycles. The van der Waals surface area contributed by atoms with Crippen LogP contribution in [0.5, 0.6) is 0 Å². The molecule has 0 saturated heterocycles. The van der Waals surface area contributed by atoms with Crippen molar-refractivity contribution in [3.63, 3.8) is 0 Å². The average Bonchev–Trinajstić information content (AvgIpc) is 2.92. The molecule has 2 N–H and O–H groups in total. The third-order valence-electron chi connectivity index (χ3n) is 3.48. The third kappa shape index (κ3) is 2.79. The summed E-state index contributed by atoms with van der Waals surface area (Å²) in [5, 5.41) is 4.36. The van der Waals surface area contributed by atoms with Gasteiger partial charge in [-0.05, 0) is 35.7 Å². The molecule has 0 fully saturated rings. The molecule has 1 aromatic heterocycles. The molecule has 2 aromatic carbocycles. The van der Waals surface area contributed by atoms with Crippen molar-refractivity contribution in [3.8, 4) is 11.1 Å². The van der Waals surface area contributed by atoms with Crippen molar-refractivity contribution in [1.29, 1.82) is 0 Å². The number of nitrogens with two attached hydrogens (primary N) is 1. The summed E-state index contributed by atoms with van der Waals surface area (Å²) in [6.07, 6.45) is 3.73. The van der Waals surface area contributed by atoms with Crippen LogP contribution in [-0.2, 0) is 6.54 Å². The second kappa shape index (κ2) is 5.40. The van der Waals surface area contributed by atoms with E-state index >= 15 is 0 Å². The summed E-state index contributed by atoms with van der Waals surface area (Å²) >= 11 is 0. The number of rotatable bonds is 3. The van der Waals surface area contributed by atoms with Crippen molar-refractivity contribution in [3.05, 3.63) is 71.8 Å². The van der Waals surface area contributed by atoms with E-state index in [-0.39, 0.29) is 11.5 Å². The Kier molecular flexibility index (Phi) is 3.44. The van der Waals surface area contributed by atoms with Crippen molar-refractivity contribution in [1.82, 2.24) is 9.78 Å². The Bertz CT molecular complexity index is 763. The predicted octanol–water partition coefficient (Wildman–Crippen LogP) is 3.63. The van der Waals surface area contributed by atoms with Gasteiger partial charge in [-0.1, -0.05) is 30.3 Å². The Balaban J connectivity index is 1.90. The van der Waals surface area contributed by atoms with Crippen molar-refractivity contribution >= 4 is 5.69 Å². The molecule has 0 aliphatic carbocycles. The summed E-state index contributed by atoms with van der Waals surface area (Å²) in [4.78, 5) is 0. The van der Waals surface area contributed by atoms with E-state index in [1.54, 1.807) is 12.3 Å². The van der Waals surface area contributed by atoms with E-state index in [9.17, 15) is 4.39 Å². The van der Waals surface area contributed by atoms with Crippen LogP contribution in [-0.4, -0.2) is 9.78 Å². The Morgan fingerprint density at radius 3 is 2.71 bits per heavy atom. The summed E-state index contributed by atoms with van der Waals surface area (Å²) in [5.41, 5.74) is 9.70. The normalized spacial score (nSPS) is 10.8. The molecule has 3 aromatic rings. The van der Waals surface area contributed by atoms with Crippen LogP contribution < -0.4 is 5.73 Å². The van der Waals surface area contributed by atoms with Gasteiger partial charge in [-0.15, -0.1) is 0 Å². The van der Waals surface area contributed by atoms with Gasteiger partial charge >= 0.3 is 0 Å². The van der Waals surface area contributed by atoms with Gasteiger partial charge in [0.1, 0.15) is 5.82 Å². The molecule has 0 saturated carbocycles. The van der Waals surface area contributed by atoms with Gasteiger partial charge in [-0.3, -0.25) is 4.68 Å². The van der Waals surface area contributed by atoms with Crippen molar-refractivity contribution < 1.29 is 4.39 Å². The van der Waals surface area contributed by atoms with Gasteiger partial charge in [0, 0.05) is 11.8 Å². The molecular formula is C17H16FN3. The molecule has 0 unspecified atom stereocenters. The molecule has 0 radical (unpaired) electrons. The van der Waals surface area contributed by atoms with E-state index in [1.165, 1.54) is 11.6 Å². The largest absolute Gasteiger partial charge is 0.396 e. The van der Waals surface area contributed by atoms with Crippen LogP contribution in [0.4, 0.5) is 10.1 Å². The summed E-state index contributed by atoms with van der Waals surface area (Å²) in [6.45, 7) is 2.57. The standard InChI is InChI=1S/C17H16FN3/c1-12-7-16(18)17(19)8-15(12)14-9-20-21(11-14)10-13-5-3-2-4-6-13/h2-9,11H,10,19H2,1H3. The number of hydrogen-bond donors (Lipinski definition) is 1. The molecule has 0 aliphatic heterocycles. The van der Waals surface area contributed by atoms with Gasteiger partial charge in [0.25, 0.3) is 0 Å². The fourth-order valence-corrected chi connectivity index (χ4v) is 2.36. The molecule has 0 amide bonds. The first-order valence-corrected chi connectivity index (χ1v) is 6.76. The van der Waals surface area contributed by atoms with E-state index in [1.807, 2.05) is 36.0 Å². The highest BCUT2D eigenvalue weighted by atomic mass is 19.1. The SMILES string of the molecule is Cc1cc(F)c(N)cc1-c1cnn(Cc2ccccc2)c1.